The lowest BCUT2D eigenvalue weighted by Crippen LogP contribution is -2.39. The van der Waals surface area contributed by atoms with Gasteiger partial charge >= 0.3 is 6.03 Å². The molecule has 1 aliphatic heterocycles. The maximum Gasteiger partial charge on any atom is 0.319 e. The van der Waals surface area contributed by atoms with Gasteiger partial charge in [-0.3, -0.25) is 0 Å². The van der Waals surface area contributed by atoms with Crippen molar-refractivity contribution in [3.05, 3.63) is 29.6 Å². The Morgan fingerprint density at radius 3 is 2.82 bits per heavy atom. The normalized spacial score (nSPS) is 20.8. The van der Waals surface area contributed by atoms with E-state index in [0.717, 1.165) is 23.4 Å². The van der Waals surface area contributed by atoms with E-state index in [1.807, 2.05) is 41.4 Å². The molecule has 0 aliphatic carbocycles. The second kappa shape index (κ2) is 6.66. The number of urea groups is 1. The number of benzene rings is 1. The number of amides is 2. The second-order valence-electron chi connectivity index (χ2n) is 5.58. The highest BCUT2D eigenvalue weighted by atomic mass is 32.2. The number of nitrogens with zero attached hydrogens (tertiary/aromatic N) is 2. The Labute approximate surface area is 138 Å². The molecule has 7 heteroatoms. The molecule has 0 spiro atoms. The van der Waals surface area contributed by atoms with Crippen LogP contribution in [0.5, 0.6) is 0 Å². The summed E-state index contributed by atoms with van der Waals surface area (Å²) in [7, 11) is 0. The first-order chi connectivity index (χ1) is 10.6. The van der Waals surface area contributed by atoms with Crippen LogP contribution in [0.25, 0.3) is 11.3 Å². The van der Waals surface area contributed by atoms with E-state index < -0.39 is 0 Å². The fraction of sp³-hybridized carbons (Fsp3) is 0.400. The van der Waals surface area contributed by atoms with Crippen molar-refractivity contribution in [1.82, 2.24) is 14.9 Å². The summed E-state index contributed by atoms with van der Waals surface area (Å²) < 4.78 is 4.03. The van der Waals surface area contributed by atoms with Crippen LogP contribution in [0.3, 0.4) is 0 Å². The molecule has 0 bridgehead atoms. The van der Waals surface area contributed by atoms with Gasteiger partial charge in [0.1, 0.15) is 5.69 Å². The minimum Gasteiger partial charge on any atom is -0.336 e. The predicted molar refractivity (Wildman–Crippen MR) is 92.5 cm³/mol. The molecule has 2 heterocycles. The van der Waals surface area contributed by atoms with Gasteiger partial charge < -0.3 is 10.6 Å². The van der Waals surface area contributed by atoms with Crippen molar-refractivity contribution in [2.45, 2.75) is 24.5 Å². The van der Waals surface area contributed by atoms with Gasteiger partial charge in [-0.15, -0.1) is 5.10 Å². The minimum absolute atomic E-state index is 0.156. The largest absolute Gasteiger partial charge is 0.336 e. The number of anilines is 1. The molecule has 2 aromatic rings. The predicted octanol–water partition coefficient (Wildman–Crippen LogP) is 3.61. The van der Waals surface area contributed by atoms with Gasteiger partial charge in [0, 0.05) is 27.9 Å². The molecule has 1 saturated heterocycles. The number of hydrogen-bond donors (Lipinski definition) is 2. The lowest BCUT2D eigenvalue weighted by molar-refractivity contribution is 0.251. The van der Waals surface area contributed by atoms with E-state index in [1.54, 1.807) is 0 Å². The van der Waals surface area contributed by atoms with E-state index in [4.69, 9.17) is 0 Å². The van der Waals surface area contributed by atoms with Crippen molar-refractivity contribution in [3.8, 4) is 11.3 Å². The highest BCUT2D eigenvalue weighted by Gasteiger charge is 2.29. The molecule has 1 atom stereocenters. The zero-order valence-electron chi connectivity index (χ0n) is 12.3. The van der Waals surface area contributed by atoms with Crippen LogP contribution in [0, 0.1) is 0 Å². The van der Waals surface area contributed by atoms with Crippen molar-refractivity contribution in [3.63, 3.8) is 0 Å². The van der Waals surface area contributed by atoms with Crippen LogP contribution >= 0.6 is 23.3 Å². The quantitative estimate of drug-likeness (QED) is 0.896. The maximum absolute atomic E-state index is 12.0. The van der Waals surface area contributed by atoms with Crippen LogP contribution in [0.15, 0.2) is 29.6 Å². The molecule has 22 heavy (non-hydrogen) atoms. The van der Waals surface area contributed by atoms with E-state index in [0.29, 0.717) is 6.54 Å². The number of carbonyl (C=O) groups excluding carboxylic acids is 1. The van der Waals surface area contributed by atoms with Gasteiger partial charge in [0.25, 0.3) is 0 Å². The average molecular weight is 334 g/mol. The number of aromatic nitrogens is 2. The topological polar surface area (TPSA) is 66.9 Å². The van der Waals surface area contributed by atoms with Gasteiger partial charge in [0.05, 0.1) is 0 Å². The Morgan fingerprint density at radius 2 is 2.18 bits per heavy atom. The first-order valence-corrected chi connectivity index (χ1v) is 9.03. The van der Waals surface area contributed by atoms with E-state index >= 15 is 0 Å². The standard InChI is InChI=1S/C15H18N4OS2/c1-15(7-2-8-21-15)10-16-14(20)17-12-5-3-11(4-6-12)13-9-22-19-18-13/h3-6,9H,2,7-8,10H2,1H3,(H2,16,17,20)/t15-/m1/s1. The second-order valence-corrected chi connectivity index (χ2v) is 7.87. The summed E-state index contributed by atoms with van der Waals surface area (Å²) in [5.41, 5.74) is 2.62. The molecular formula is C15H18N4OS2. The SMILES string of the molecule is C[C@]1(CNC(=O)Nc2ccc(-c3csnn3)cc2)CCCS1. The summed E-state index contributed by atoms with van der Waals surface area (Å²) in [5, 5.41) is 11.7. The Balaban J connectivity index is 1.53. The Bertz CT molecular complexity index is 622. The monoisotopic (exact) mass is 334 g/mol. The third-order valence-electron chi connectivity index (χ3n) is 3.72. The first kappa shape index (κ1) is 15.3. The summed E-state index contributed by atoms with van der Waals surface area (Å²) in [6.45, 7) is 2.91. The summed E-state index contributed by atoms with van der Waals surface area (Å²) in [5.74, 6) is 1.19. The number of carbonyl (C=O) groups is 1. The van der Waals surface area contributed by atoms with Crippen molar-refractivity contribution in [1.29, 1.82) is 0 Å². The molecule has 1 aliphatic rings. The smallest absolute Gasteiger partial charge is 0.319 e. The Kier molecular flexibility index (Phi) is 4.63. The Morgan fingerprint density at radius 1 is 1.36 bits per heavy atom. The van der Waals surface area contributed by atoms with Crippen LogP contribution in [-0.2, 0) is 0 Å². The van der Waals surface area contributed by atoms with Crippen LogP contribution in [0.2, 0.25) is 0 Å². The van der Waals surface area contributed by atoms with E-state index in [9.17, 15) is 4.79 Å². The molecule has 1 fully saturated rings. The molecule has 3 rings (SSSR count). The molecule has 5 nitrogen and oxygen atoms in total. The third kappa shape index (κ3) is 3.78. The molecule has 0 saturated carbocycles. The molecule has 0 radical (unpaired) electrons. The van der Waals surface area contributed by atoms with Crippen LogP contribution in [-0.4, -0.2) is 32.7 Å². The summed E-state index contributed by atoms with van der Waals surface area (Å²) in [6, 6.07) is 7.46. The first-order valence-electron chi connectivity index (χ1n) is 7.21. The highest BCUT2D eigenvalue weighted by Crippen LogP contribution is 2.36. The lowest BCUT2D eigenvalue weighted by Gasteiger charge is -2.22. The summed E-state index contributed by atoms with van der Waals surface area (Å²) >= 11 is 3.26. The van der Waals surface area contributed by atoms with Crippen LogP contribution < -0.4 is 10.6 Å². The zero-order chi connectivity index (χ0) is 15.4. The third-order valence-corrected chi connectivity index (χ3v) is 5.76. The number of hydrogen-bond acceptors (Lipinski definition) is 5. The van der Waals surface area contributed by atoms with Crippen molar-refractivity contribution >= 4 is 35.0 Å². The van der Waals surface area contributed by atoms with Gasteiger partial charge in [-0.05, 0) is 49.2 Å². The fourth-order valence-electron chi connectivity index (χ4n) is 2.43. The van der Waals surface area contributed by atoms with Crippen molar-refractivity contribution in [2.24, 2.45) is 0 Å². The minimum atomic E-state index is -0.156. The number of nitrogens with one attached hydrogen (secondary N) is 2. The average Bonchev–Trinajstić information content (AvgIpc) is 3.18. The van der Waals surface area contributed by atoms with Gasteiger partial charge in [-0.25, -0.2) is 4.79 Å². The fourth-order valence-corrected chi connectivity index (χ4v) is 4.14. The molecule has 116 valence electrons. The zero-order valence-corrected chi connectivity index (χ0v) is 14.0. The van der Waals surface area contributed by atoms with Crippen LogP contribution in [0.4, 0.5) is 10.5 Å². The maximum atomic E-state index is 12.0. The molecule has 1 aromatic carbocycles. The van der Waals surface area contributed by atoms with E-state index in [1.165, 1.54) is 23.7 Å². The number of thioether (sulfide) groups is 1. The van der Waals surface area contributed by atoms with Gasteiger partial charge in [-0.1, -0.05) is 16.6 Å². The lowest BCUT2D eigenvalue weighted by atomic mass is 10.1. The number of rotatable bonds is 4. The van der Waals surface area contributed by atoms with Gasteiger partial charge in [-0.2, -0.15) is 11.8 Å². The molecule has 0 unspecified atom stereocenters. The molecule has 1 aromatic heterocycles. The summed E-state index contributed by atoms with van der Waals surface area (Å²) in [4.78, 5) is 12.0. The molecule has 2 N–H and O–H groups in total. The Hall–Kier alpha value is -1.60. The van der Waals surface area contributed by atoms with Crippen molar-refractivity contribution in [2.75, 3.05) is 17.6 Å². The van der Waals surface area contributed by atoms with Crippen molar-refractivity contribution < 1.29 is 4.79 Å². The highest BCUT2D eigenvalue weighted by molar-refractivity contribution is 8.00. The van der Waals surface area contributed by atoms with E-state index in [-0.39, 0.29) is 10.8 Å². The summed E-state index contributed by atoms with van der Waals surface area (Å²) in [6.07, 6.45) is 2.39. The molecule has 2 amide bonds. The van der Waals surface area contributed by atoms with Gasteiger partial charge in [0.2, 0.25) is 0 Å². The van der Waals surface area contributed by atoms with Gasteiger partial charge in [0.15, 0.2) is 0 Å². The molecular weight excluding hydrogens is 316 g/mol. The van der Waals surface area contributed by atoms with E-state index in [2.05, 4.69) is 27.1 Å². The van der Waals surface area contributed by atoms with Crippen LogP contribution in [0.1, 0.15) is 19.8 Å².